The highest BCUT2D eigenvalue weighted by molar-refractivity contribution is 5.48. The second-order valence-electron chi connectivity index (χ2n) is 2.22. The average Bonchev–Trinajstić information content (AvgIpc) is 2.07. The highest BCUT2D eigenvalue weighted by atomic mass is 13.8. The molecule has 55 valence electrons. The highest BCUT2D eigenvalue weighted by Gasteiger charge is 1.78. The number of allylic oxidation sites excluding steroid dienone is 3. The molecule has 0 bridgehead atoms. The van der Waals surface area contributed by atoms with Gasteiger partial charge in [0.2, 0.25) is 0 Å². The van der Waals surface area contributed by atoms with E-state index in [0.29, 0.717) is 0 Å². The van der Waals surface area contributed by atoms with Crippen molar-refractivity contribution < 1.29 is 0 Å². The van der Waals surface area contributed by atoms with Gasteiger partial charge in [0.05, 0.1) is 0 Å². The van der Waals surface area contributed by atoms with Gasteiger partial charge in [-0.2, -0.15) is 0 Å². The molecule has 0 saturated heterocycles. The van der Waals surface area contributed by atoms with E-state index >= 15 is 0 Å². The molecule has 0 N–H and O–H groups in total. The van der Waals surface area contributed by atoms with Crippen molar-refractivity contribution in [2.75, 3.05) is 0 Å². The quantitative estimate of drug-likeness (QED) is 0.558. The molecule has 0 aromatic heterocycles. The molecule has 0 unspecified atom stereocenters. The van der Waals surface area contributed by atoms with Gasteiger partial charge < -0.3 is 0 Å². The average molecular weight is 143 g/mol. The van der Waals surface area contributed by atoms with Crippen molar-refractivity contribution in [3.05, 3.63) is 54.1 Å². The Labute approximate surface area is 67.9 Å². The molecule has 0 spiro atoms. The Hall–Kier alpha value is -1.30. The van der Waals surface area contributed by atoms with Crippen molar-refractivity contribution in [2.45, 2.75) is 6.92 Å². The summed E-state index contributed by atoms with van der Waals surface area (Å²) >= 11 is 0. The Balaban J connectivity index is 2.64. The maximum atomic E-state index is 3.05. The predicted octanol–water partition coefficient (Wildman–Crippen LogP) is 3.08. The van der Waals surface area contributed by atoms with E-state index in [1.54, 1.807) is 0 Å². The molecule has 0 heterocycles. The number of hydrogen-bond donors (Lipinski definition) is 0. The molecule has 11 heavy (non-hydrogen) atoms. The van der Waals surface area contributed by atoms with E-state index in [-0.39, 0.29) is 0 Å². The maximum absolute atomic E-state index is 3.05. The third-order valence-electron chi connectivity index (χ3n) is 1.31. The standard InChI is InChI=1S/C11H11/c1-2-3-5-8-11-9-6-4-7-10-11/h2-4,6-10H,1H3. The van der Waals surface area contributed by atoms with Crippen molar-refractivity contribution in [1.29, 1.82) is 0 Å². The monoisotopic (exact) mass is 143 g/mol. The molecule has 0 aliphatic rings. The zero-order valence-corrected chi connectivity index (χ0v) is 6.62. The summed E-state index contributed by atoms with van der Waals surface area (Å²) in [5.41, 5.74) is 1.19. The minimum atomic E-state index is 1.19. The fourth-order valence-electron chi connectivity index (χ4n) is 0.790. The predicted molar refractivity (Wildman–Crippen MR) is 49.0 cm³/mol. The first kappa shape index (κ1) is 7.80. The minimum Gasteiger partial charge on any atom is -0.0870 e. The van der Waals surface area contributed by atoms with Crippen LogP contribution in [0.4, 0.5) is 0 Å². The Bertz CT molecular complexity index is 242. The molecule has 0 aliphatic carbocycles. The molecule has 1 aromatic rings. The summed E-state index contributed by atoms with van der Waals surface area (Å²) in [6.07, 6.45) is 8.86. The van der Waals surface area contributed by atoms with Crippen LogP contribution in [0, 0.1) is 6.08 Å². The van der Waals surface area contributed by atoms with Crippen molar-refractivity contribution in [1.82, 2.24) is 0 Å². The van der Waals surface area contributed by atoms with E-state index in [1.165, 1.54) is 5.56 Å². The second kappa shape index (κ2) is 4.51. The summed E-state index contributed by atoms with van der Waals surface area (Å²) in [7, 11) is 0. The number of rotatable bonds is 2. The van der Waals surface area contributed by atoms with Crippen molar-refractivity contribution in [2.24, 2.45) is 0 Å². The first-order chi connectivity index (χ1) is 5.43. The summed E-state index contributed by atoms with van der Waals surface area (Å²) < 4.78 is 0. The van der Waals surface area contributed by atoms with E-state index in [2.05, 4.69) is 18.2 Å². The fraction of sp³-hybridized carbons (Fsp3) is 0.0909. The lowest BCUT2D eigenvalue weighted by Gasteiger charge is -1.87. The van der Waals surface area contributed by atoms with Crippen molar-refractivity contribution in [3.63, 3.8) is 0 Å². The van der Waals surface area contributed by atoms with Crippen LogP contribution >= 0.6 is 0 Å². The minimum absolute atomic E-state index is 1.19. The largest absolute Gasteiger partial charge is 0.0870 e. The summed E-state index contributed by atoms with van der Waals surface area (Å²) in [6.45, 7) is 1.98. The molecule has 0 amide bonds. The lowest BCUT2D eigenvalue weighted by atomic mass is 10.2. The normalized spacial score (nSPS) is 11.4. The topological polar surface area (TPSA) is 0 Å². The van der Waals surface area contributed by atoms with Gasteiger partial charge in [-0.15, -0.1) is 0 Å². The molecule has 0 saturated carbocycles. The molecular formula is C11H11. The first-order valence-corrected chi connectivity index (χ1v) is 3.69. The molecule has 0 nitrogen and oxygen atoms in total. The second-order valence-corrected chi connectivity index (χ2v) is 2.22. The lowest BCUT2D eigenvalue weighted by Crippen LogP contribution is -1.66. The number of hydrogen-bond acceptors (Lipinski definition) is 0. The summed E-state index contributed by atoms with van der Waals surface area (Å²) in [6, 6.07) is 10.1. The molecule has 0 atom stereocenters. The zero-order valence-electron chi connectivity index (χ0n) is 6.62. The molecule has 1 aromatic carbocycles. The van der Waals surface area contributed by atoms with Crippen LogP contribution in [0.5, 0.6) is 0 Å². The van der Waals surface area contributed by atoms with Crippen LogP contribution in [0.3, 0.4) is 0 Å². The SMILES string of the molecule is CC=C[C]=Cc1ccccc1. The van der Waals surface area contributed by atoms with Crippen LogP contribution in [0.15, 0.2) is 42.5 Å². The van der Waals surface area contributed by atoms with E-state index in [1.807, 2.05) is 43.4 Å². The Morgan fingerprint density at radius 1 is 1.18 bits per heavy atom. The van der Waals surface area contributed by atoms with Gasteiger partial charge in [-0.05, 0) is 24.6 Å². The van der Waals surface area contributed by atoms with Gasteiger partial charge in [0, 0.05) is 0 Å². The van der Waals surface area contributed by atoms with Crippen LogP contribution in [0.25, 0.3) is 6.08 Å². The van der Waals surface area contributed by atoms with E-state index in [9.17, 15) is 0 Å². The summed E-state index contributed by atoms with van der Waals surface area (Å²) in [5, 5.41) is 0. The summed E-state index contributed by atoms with van der Waals surface area (Å²) in [4.78, 5) is 0. The van der Waals surface area contributed by atoms with Gasteiger partial charge >= 0.3 is 0 Å². The Kier molecular flexibility index (Phi) is 3.20. The van der Waals surface area contributed by atoms with E-state index in [0.717, 1.165) is 0 Å². The van der Waals surface area contributed by atoms with Crippen LogP contribution in [0.1, 0.15) is 12.5 Å². The summed E-state index contributed by atoms with van der Waals surface area (Å²) in [5.74, 6) is 0. The smallest absolute Gasteiger partial charge is 0.0181 e. The van der Waals surface area contributed by atoms with E-state index < -0.39 is 0 Å². The first-order valence-electron chi connectivity index (χ1n) is 3.69. The van der Waals surface area contributed by atoms with E-state index in [4.69, 9.17) is 0 Å². The van der Waals surface area contributed by atoms with Gasteiger partial charge in [-0.25, -0.2) is 0 Å². The zero-order chi connectivity index (χ0) is 7.94. The lowest BCUT2D eigenvalue weighted by molar-refractivity contribution is 1.65. The van der Waals surface area contributed by atoms with Crippen molar-refractivity contribution >= 4 is 6.08 Å². The molecule has 1 rings (SSSR count). The molecule has 0 aliphatic heterocycles. The van der Waals surface area contributed by atoms with Crippen LogP contribution in [0.2, 0.25) is 0 Å². The van der Waals surface area contributed by atoms with Gasteiger partial charge in [0.15, 0.2) is 0 Å². The van der Waals surface area contributed by atoms with Crippen molar-refractivity contribution in [3.8, 4) is 0 Å². The Morgan fingerprint density at radius 3 is 2.55 bits per heavy atom. The van der Waals surface area contributed by atoms with Gasteiger partial charge in [0.25, 0.3) is 0 Å². The Morgan fingerprint density at radius 2 is 1.91 bits per heavy atom. The third kappa shape index (κ3) is 2.85. The maximum Gasteiger partial charge on any atom is -0.0181 e. The van der Waals surface area contributed by atoms with Gasteiger partial charge in [-0.1, -0.05) is 42.5 Å². The van der Waals surface area contributed by atoms with Crippen LogP contribution < -0.4 is 0 Å². The third-order valence-corrected chi connectivity index (χ3v) is 1.31. The van der Waals surface area contributed by atoms with Crippen LogP contribution in [-0.2, 0) is 0 Å². The molecular weight excluding hydrogens is 132 g/mol. The van der Waals surface area contributed by atoms with Gasteiger partial charge in [-0.3, -0.25) is 0 Å². The fourth-order valence-corrected chi connectivity index (χ4v) is 0.790. The molecule has 0 heteroatoms. The number of benzene rings is 1. The van der Waals surface area contributed by atoms with Gasteiger partial charge in [0.1, 0.15) is 0 Å². The van der Waals surface area contributed by atoms with Crippen LogP contribution in [-0.4, -0.2) is 0 Å². The molecule has 0 fully saturated rings. The highest BCUT2D eigenvalue weighted by Crippen LogP contribution is 1.99. The molecule has 1 radical (unpaired) electrons.